The molecule has 0 unspecified atom stereocenters. The van der Waals surface area contributed by atoms with E-state index >= 15 is 0 Å². The van der Waals surface area contributed by atoms with E-state index in [9.17, 15) is 10.1 Å². The van der Waals surface area contributed by atoms with Gasteiger partial charge in [0, 0.05) is 10.9 Å². The molecular weight excluding hydrogens is 320 g/mol. The monoisotopic (exact) mass is 328 g/mol. The first kappa shape index (κ1) is 13.0. The molecule has 18 heavy (non-hydrogen) atoms. The second kappa shape index (κ2) is 5.03. The van der Waals surface area contributed by atoms with Crippen molar-refractivity contribution in [2.45, 2.75) is 13.8 Å². The lowest BCUT2D eigenvalue weighted by atomic mass is 10.1. The van der Waals surface area contributed by atoms with E-state index in [-0.39, 0.29) is 5.69 Å². The van der Waals surface area contributed by atoms with Crippen molar-refractivity contribution in [2.75, 3.05) is 0 Å². The minimum absolute atomic E-state index is 0.0474. The van der Waals surface area contributed by atoms with Crippen LogP contribution in [0.15, 0.2) is 22.1 Å². The number of aromatic nitrogens is 1. The standard InChI is InChI=1S/C11H9BrN2O3S/c1-6-3-7(2)9(4-8(6)14(15)16)17-11-13-10(12)5-18-11/h3-5H,1-2H3. The van der Waals surface area contributed by atoms with Gasteiger partial charge in [0.15, 0.2) is 0 Å². The molecule has 0 radical (unpaired) electrons. The summed E-state index contributed by atoms with van der Waals surface area (Å²) in [5.41, 5.74) is 1.50. The zero-order chi connectivity index (χ0) is 13.3. The number of hydrogen-bond acceptors (Lipinski definition) is 5. The molecule has 1 aromatic carbocycles. The van der Waals surface area contributed by atoms with Crippen LogP contribution in [0.1, 0.15) is 11.1 Å². The number of nitro benzene ring substituents is 1. The van der Waals surface area contributed by atoms with E-state index in [1.165, 1.54) is 17.4 Å². The van der Waals surface area contributed by atoms with Crippen LogP contribution >= 0.6 is 27.3 Å². The number of nitro groups is 1. The fourth-order valence-electron chi connectivity index (χ4n) is 1.51. The normalized spacial score (nSPS) is 10.4. The SMILES string of the molecule is Cc1cc(C)c([N+](=O)[O-])cc1Oc1nc(Br)cs1. The van der Waals surface area contributed by atoms with Gasteiger partial charge in [-0.05, 0) is 41.4 Å². The molecule has 0 atom stereocenters. The maximum atomic E-state index is 10.9. The molecule has 0 aliphatic rings. The highest BCUT2D eigenvalue weighted by molar-refractivity contribution is 9.10. The summed E-state index contributed by atoms with van der Waals surface area (Å²) in [6, 6.07) is 3.16. The van der Waals surface area contributed by atoms with Gasteiger partial charge in [-0.15, -0.1) is 0 Å². The second-order valence-corrected chi connectivity index (χ2v) is 5.33. The first-order valence-corrected chi connectivity index (χ1v) is 6.69. The Morgan fingerprint density at radius 3 is 2.67 bits per heavy atom. The number of rotatable bonds is 3. The van der Waals surface area contributed by atoms with Gasteiger partial charge in [-0.3, -0.25) is 10.1 Å². The largest absolute Gasteiger partial charge is 0.430 e. The maximum absolute atomic E-state index is 10.9. The highest BCUT2D eigenvalue weighted by atomic mass is 79.9. The third kappa shape index (κ3) is 2.68. The summed E-state index contributed by atoms with van der Waals surface area (Å²) in [4.78, 5) is 14.5. The summed E-state index contributed by atoms with van der Waals surface area (Å²) in [5, 5.41) is 13.1. The van der Waals surface area contributed by atoms with Crippen LogP contribution in [0, 0.1) is 24.0 Å². The first-order chi connectivity index (χ1) is 8.47. The van der Waals surface area contributed by atoms with E-state index in [0.29, 0.717) is 21.1 Å². The Bertz CT molecular complexity index is 612. The minimum Gasteiger partial charge on any atom is -0.430 e. The predicted octanol–water partition coefficient (Wildman–Crippen LogP) is 4.22. The smallest absolute Gasteiger partial charge is 0.279 e. The highest BCUT2D eigenvalue weighted by Gasteiger charge is 2.15. The predicted molar refractivity (Wildman–Crippen MR) is 72.5 cm³/mol. The number of aryl methyl sites for hydroxylation is 2. The minimum atomic E-state index is -0.417. The molecule has 0 fully saturated rings. The number of ether oxygens (including phenoxy) is 1. The van der Waals surface area contributed by atoms with Crippen molar-refractivity contribution in [3.05, 3.63) is 43.4 Å². The lowest BCUT2D eigenvalue weighted by molar-refractivity contribution is -0.385. The molecular formula is C11H9BrN2O3S. The molecule has 2 aromatic rings. The molecule has 0 amide bonds. The van der Waals surface area contributed by atoms with E-state index in [2.05, 4.69) is 20.9 Å². The van der Waals surface area contributed by atoms with Crippen LogP contribution in [0.5, 0.6) is 10.9 Å². The Kier molecular flexibility index (Phi) is 3.63. The van der Waals surface area contributed by atoms with Gasteiger partial charge in [-0.2, -0.15) is 4.98 Å². The summed E-state index contributed by atoms with van der Waals surface area (Å²) in [6.07, 6.45) is 0. The van der Waals surface area contributed by atoms with Gasteiger partial charge in [0.2, 0.25) is 0 Å². The van der Waals surface area contributed by atoms with Crippen molar-refractivity contribution in [3.63, 3.8) is 0 Å². The molecule has 0 bridgehead atoms. The van der Waals surface area contributed by atoms with Gasteiger partial charge in [0.05, 0.1) is 11.0 Å². The molecule has 5 nitrogen and oxygen atoms in total. The summed E-state index contributed by atoms with van der Waals surface area (Å²) < 4.78 is 6.23. The zero-order valence-corrected chi connectivity index (χ0v) is 12.0. The Labute approximate surface area is 116 Å². The fraction of sp³-hybridized carbons (Fsp3) is 0.182. The van der Waals surface area contributed by atoms with Gasteiger partial charge >= 0.3 is 0 Å². The molecule has 0 aliphatic heterocycles. The molecule has 2 rings (SSSR count). The van der Waals surface area contributed by atoms with Gasteiger partial charge in [-0.1, -0.05) is 11.3 Å². The molecule has 94 valence electrons. The summed E-state index contributed by atoms with van der Waals surface area (Å²) in [6.45, 7) is 3.55. The lowest BCUT2D eigenvalue weighted by Crippen LogP contribution is -1.95. The van der Waals surface area contributed by atoms with Crippen molar-refractivity contribution >= 4 is 33.0 Å². The van der Waals surface area contributed by atoms with Crippen molar-refractivity contribution in [2.24, 2.45) is 0 Å². The average molecular weight is 329 g/mol. The molecule has 0 N–H and O–H groups in total. The number of nitrogens with zero attached hydrogens (tertiary/aromatic N) is 2. The number of thiazole rings is 1. The average Bonchev–Trinajstić information content (AvgIpc) is 2.67. The van der Waals surface area contributed by atoms with E-state index in [1.807, 2.05) is 6.92 Å². The Hall–Kier alpha value is -1.47. The second-order valence-electron chi connectivity index (χ2n) is 3.70. The summed E-state index contributed by atoms with van der Waals surface area (Å²) in [5.74, 6) is 0.453. The van der Waals surface area contributed by atoms with Crippen LogP contribution < -0.4 is 4.74 Å². The van der Waals surface area contributed by atoms with Crippen LogP contribution in [0.2, 0.25) is 0 Å². The quantitative estimate of drug-likeness (QED) is 0.624. The van der Waals surface area contributed by atoms with Crippen LogP contribution in [0.25, 0.3) is 0 Å². The Morgan fingerprint density at radius 2 is 2.11 bits per heavy atom. The third-order valence-corrected chi connectivity index (χ3v) is 3.77. The van der Waals surface area contributed by atoms with Crippen LogP contribution in [-0.2, 0) is 0 Å². The maximum Gasteiger partial charge on any atom is 0.279 e. The molecule has 1 aromatic heterocycles. The van der Waals surface area contributed by atoms with E-state index in [4.69, 9.17) is 4.74 Å². The number of halogens is 1. The topological polar surface area (TPSA) is 65.3 Å². The molecule has 7 heteroatoms. The van der Waals surface area contributed by atoms with E-state index < -0.39 is 4.92 Å². The number of benzene rings is 1. The van der Waals surface area contributed by atoms with Crippen molar-refractivity contribution in [1.82, 2.24) is 4.98 Å². The van der Waals surface area contributed by atoms with Crippen LogP contribution in [0.4, 0.5) is 5.69 Å². The van der Waals surface area contributed by atoms with Crippen molar-refractivity contribution in [1.29, 1.82) is 0 Å². The summed E-state index contributed by atoms with van der Waals surface area (Å²) >= 11 is 4.55. The van der Waals surface area contributed by atoms with Gasteiger partial charge < -0.3 is 4.74 Å². The molecule has 0 saturated heterocycles. The Balaban J connectivity index is 2.38. The van der Waals surface area contributed by atoms with Crippen LogP contribution in [-0.4, -0.2) is 9.91 Å². The van der Waals surface area contributed by atoms with E-state index in [1.54, 1.807) is 18.4 Å². The van der Waals surface area contributed by atoms with Gasteiger partial charge in [-0.25, -0.2) is 0 Å². The van der Waals surface area contributed by atoms with Crippen molar-refractivity contribution < 1.29 is 9.66 Å². The van der Waals surface area contributed by atoms with Gasteiger partial charge in [0.25, 0.3) is 10.9 Å². The van der Waals surface area contributed by atoms with Crippen LogP contribution in [0.3, 0.4) is 0 Å². The first-order valence-electron chi connectivity index (χ1n) is 5.02. The highest BCUT2D eigenvalue weighted by Crippen LogP contribution is 2.33. The van der Waals surface area contributed by atoms with E-state index in [0.717, 1.165) is 5.56 Å². The molecule has 1 heterocycles. The molecule has 0 aliphatic carbocycles. The third-order valence-electron chi connectivity index (χ3n) is 2.34. The zero-order valence-electron chi connectivity index (χ0n) is 9.64. The molecule has 0 spiro atoms. The van der Waals surface area contributed by atoms with Gasteiger partial charge in [0.1, 0.15) is 10.4 Å². The van der Waals surface area contributed by atoms with Crippen molar-refractivity contribution in [3.8, 4) is 10.9 Å². The molecule has 0 saturated carbocycles. The Morgan fingerprint density at radius 1 is 1.39 bits per heavy atom. The lowest BCUT2D eigenvalue weighted by Gasteiger charge is -2.07. The summed E-state index contributed by atoms with van der Waals surface area (Å²) in [7, 11) is 0. The number of hydrogen-bond donors (Lipinski definition) is 0. The fourth-order valence-corrected chi connectivity index (χ4v) is 2.61.